The SMILES string of the molecule is COc1cc([C@H]2NC(=O)NC3=C2C(=O)N(CCCO)C3)cc(OC)c1OC. The molecule has 3 N–H and O–H groups in total. The minimum absolute atomic E-state index is 0.00460. The maximum Gasteiger partial charge on any atom is 0.319 e. The molecule has 2 aliphatic rings. The van der Waals surface area contributed by atoms with Gasteiger partial charge >= 0.3 is 6.03 Å². The molecule has 0 radical (unpaired) electrons. The van der Waals surface area contributed by atoms with Gasteiger partial charge < -0.3 is 34.9 Å². The maximum atomic E-state index is 12.9. The molecule has 0 aliphatic carbocycles. The number of nitrogens with one attached hydrogen (secondary N) is 2. The molecular formula is C18H23N3O6. The van der Waals surface area contributed by atoms with Crippen molar-refractivity contribution in [2.45, 2.75) is 12.5 Å². The summed E-state index contributed by atoms with van der Waals surface area (Å²) >= 11 is 0. The van der Waals surface area contributed by atoms with Crippen LogP contribution in [-0.4, -0.2) is 63.0 Å². The summed E-state index contributed by atoms with van der Waals surface area (Å²) in [5.74, 6) is 1.12. The van der Waals surface area contributed by atoms with Crippen molar-refractivity contribution >= 4 is 11.9 Å². The van der Waals surface area contributed by atoms with Crippen LogP contribution in [-0.2, 0) is 4.79 Å². The average Bonchev–Trinajstić information content (AvgIpc) is 2.99. The van der Waals surface area contributed by atoms with E-state index in [1.54, 1.807) is 17.0 Å². The Morgan fingerprint density at radius 2 is 1.81 bits per heavy atom. The van der Waals surface area contributed by atoms with E-state index in [1.165, 1.54) is 21.3 Å². The van der Waals surface area contributed by atoms with Gasteiger partial charge in [0.15, 0.2) is 11.5 Å². The number of benzene rings is 1. The molecule has 0 bridgehead atoms. The first-order chi connectivity index (χ1) is 13.0. The molecule has 9 heteroatoms. The highest BCUT2D eigenvalue weighted by atomic mass is 16.5. The molecular weight excluding hydrogens is 354 g/mol. The molecule has 1 aromatic rings. The zero-order valence-electron chi connectivity index (χ0n) is 15.5. The second-order valence-electron chi connectivity index (χ2n) is 6.19. The number of aliphatic hydroxyl groups excluding tert-OH is 1. The zero-order valence-corrected chi connectivity index (χ0v) is 15.5. The molecule has 146 valence electrons. The summed E-state index contributed by atoms with van der Waals surface area (Å²) in [5, 5.41) is 14.5. The van der Waals surface area contributed by atoms with E-state index in [2.05, 4.69) is 10.6 Å². The van der Waals surface area contributed by atoms with Gasteiger partial charge in [0.1, 0.15) is 0 Å². The number of methoxy groups -OCH3 is 3. The van der Waals surface area contributed by atoms with E-state index < -0.39 is 6.04 Å². The van der Waals surface area contributed by atoms with Crippen molar-refractivity contribution < 1.29 is 28.9 Å². The topological polar surface area (TPSA) is 109 Å². The van der Waals surface area contributed by atoms with E-state index in [0.717, 1.165) is 0 Å². The van der Waals surface area contributed by atoms with Gasteiger partial charge in [-0.25, -0.2) is 4.79 Å². The number of aliphatic hydroxyl groups is 1. The van der Waals surface area contributed by atoms with Crippen LogP contribution in [0.5, 0.6) is 17.2 Å². The normalized spacial score (nSPS) is 18.8. The highest BCUT2D eigenvalue weighted by molar-refractivity contribution is 6.01. The third-order valence-electron chi connectivity index (χ3n) is 4.63. The Labute approximate surface area is 156 Å². The van der Waals surface area contributed by atoms with Gasteiger partial charge in [0.2, 0.25) is 5.75 Å². The number of ether oxygens (including phenoxy) is 3. The van der Waals surface area contributed by atoms with Crippen molar-refractivity contribution in [3.63, 3.8) is 0 Å². The van der Waals surface area contributed by atoms with Gasteiger partial charge in [-0.15, -0.1) is 0 Å². The first-order valence-corrected chi connectivity index (χ1v) is 8.54. The van der Waals surface area contributed by atoms with Crippen LogP contribution < -0.4 is 24.8 Å². The summed E-state index contributed by atoms with van der Waals surface area (Å²) < 4.78 is 16.1. The fourth-order valence-electron chi connectivity index (χ4n) is 3.39. The zero-order chi connectivity index (χ0) is 19.6. The smallest absolute Gasteiger partial charge is 0.319 e. The van der Waals surface area contributed by atoms with Crippen LogP contribution in [0.15, 0.2) is 23.4 Å². The molecule has 0 spiro atoms. The monoisotopic (exact) mass is 377 g/mol. The van der Waals surface area contributed by atoms with E-state index in [4.69, 9.17) is 19.3 Å². The highest BCUT2D eigenvalue weighted by Crippen LogP contribution is 2.42. The summed E-state index contributed by atoms with van der Waals surface area (Å²) in [6.45, 7) is 0.720. The van der Waals surface area contributed by atoms with Gasteiger partial charge in [-0.2, -0.15) is 0 Å². The van der Waals surface area contributed by atoms with Crippen LogP contribution in [0.25, 0.3) is 0 Å². The lowest BCUT2D eigenvalue weighted by Crippen LogP contribution is -2.44. The van der Waals surface area contributed by atoms with E-state index in [9.17, 15) is 9.59 Å². The second-order valence-corrected chi connectivity index (χ2v) is 6.19. The minimum Gasteiger partial charge on any atom is -0.493 e. The Morgan fingerprint density at radius 1 is 1.15 bits per heavy atom. The largest absolute Gasteiger partial charge is 0.493 e. The predicted octanol–water partition coefficient (Wildman–Crippen LogP) is 0.545. The molecule has 1 aromatic carbocycles. The molecule has 0 fully saturated rings. The Bertz CT molecular complexity index is 766. The van der Waals surface area contributed by atoms with Crippen LogP contribution in [0.2, 0.25) is 0 Å². The van der Waals surface area contributed by atoms with Crippen LogP contribution in [0, 0.1) is 0 Å². The standard InChI is InChI=1S/C18H23N3O6/c1-25-12-7-10(8-13(26-2)16(12)27-3)15-14-11(19-18(24)20-15)9-21(17(14)23)5-4-6-22/h7-8,15,22H,4-6,9H2,1-3H3,(H2,19,20,24)/t15-/m1/s1. The van der Waals surface area contributed by atoms with Gasteiger partial charge in [0.05, 0.1) is 45.2 Å². The average molecular weight is 377 g/mol. The number of nitrogens with zero attached hydrogens (tertiary/aromatic N) is 1. The first-order valence-electron chi connectivity index (χ1n) is 8.54. The quantitative estimate of drug-likeness (QED) is 0.640. The molecule has 3 rings (SSSR count). The second kappa shape index (κ2) is 7.75. The van der Waals surface area contributed by atoms with E-state index >= 15 is 0 Å². The Balaban J connectivity index is 2.02. The molecule has 9 nitrogen and oxygen atoms in total. The maximum absolute atomic E-state index is 12.9. The minimum atomic E-state index is -0.644. The predicted molar refractivity (Wildman–Crippen MR) is 95.8 cm³/mol. The van der Waals surface area contributed by atoms with E-state index in [1.807, 2.05) is 0 Å². The Morgan fingerprint density at radius 3 is 2.37 bits per heavy atom. The van der Waals surface area contributed by atoms with Gasteiger partial charge in [-0.3, -0.25) is 4.79 Å². The number of urea groups is 1. The van der Waals surface area contributed by atoms with Crippen LogP contribution in [0.3, 0.4) is 0 Å². The van der Waals surface area contributed by atoms with Crippen molar-refractivity contribution in [2.75, 3.05) is 41.0 Å². The number of hydrogen-bond acceptors (Lipinski definition) is 6. The Kier molecular flexibility index (Phi) is 5.41. The van der Waals surface area contributed by atoms with Crippen molar-refractivity contribution in [3.05, 3.63) is 29.0 Å². The molecule has 0 saturated carbocycles. The number of carbonyl (C=O) groups is 2. The number of rotatable bonds is 7. The molecule has 3 amide bonds. The first kappa shape index (κ1) is 18.8. The third kappa shape index (κ3) is 3.37. The van der Waals surface area contributed by atoms with Crippen molar-refractivity contribution in [2.24, 2.45) is 0 Å². The molecule has 0 aromatic heterocycles. The molecule has 1 atom stereocenters. The summed E-state index contributed by atoms with van der Waals surface area (Å²) in [5.41, 5.74) is 1.69. The molecule has 27 heavy (non-hydrogen) atoms. The number of carbonyl (C=O) groups excluding carboxylic acids is 2. The summed E-state index contributed by atoms with van der Waals surface area (Å²) in [6.07, 6.45) is 0.475. The lowest BCUT2D eigenvalue weighted by atomic mass is 9.95. The fourth-order valence-corrected chi connectivity index (χ4v) is 3.39. The van der Waals surface area contributed by atoms with Crippen LogP contribution in [0.1, 0.15) is 18.0 Å². The van der Waals surface area contributed by atoms with Crippen molar-refractivity contribution in [3.8, 4) is 17.2 Å². The van der Waals surface area contributed by atoms with Crippen molar-refractivity contribution in [1.82, 2.24) is 15.5 Å². The molecule has 2 heterocycles. The van der Waals surface area contributed by atoms with Crippen molar-refractivity contribution in [1.29, 1.82) is 0 Å². The van der Waals surface area contributed by atoms with Gasteiger partial charge in [0, 0.05) is 13.2 Å². The van der Waals surface area contributed by atoms with Gasteiger partial charge in [-0.1, -0.05) is 0 Å². The van der Waals surface area contributed by atoms with Gasteiger partial charge in [0.25, 0.3) is 5.91 Å². The number of amides is 3. The summed E-state index contributed by atoms with van der Waals surface area (Å²) in [4.78, 5) is 26.6. The van der Waals surface area contributed by atoms with Gasteiger partial charge in [-0.05, 0) is 24.1 Å². The fraction of sp³-hybridized carbons (Fsp3) is 0.444. The van der Waals surface area contributed by atoms with E-state index in [0.29, 0.717) is 53.6 Å². The van der Waals surface area contributed by atoms with Crippen LogP contribution in [0.4, 0.5) is 4.79 Å². The summed E-state index contributed by atoms with van der Waals surface area (Å²) in [7, 11) is 4.51. The highest BCUT2D eigenvalue weighted by Gasteiger charge is 2.40. The third-order valence-corrected chi connectivity index (χ3v) is 4.63. The number of hydrogen-bond donors (Lipinski definition) is 3. The van der Waals surface area contributed by atoms with Crippen LogP contribution >= 0.6 is 0 Å². The molecule has 0 saturated heterocycles. The lowest BCUT2D eigenvalue weighted by Gasteiger charge is -2.26. The lowest BCUT2D eigenvalue weighted by molar-refractivity contribution is -0.125. The van der Waals surface area contributed by atoms with E-state index in [-0.39, 0.29) is 18.5 Å². The molecule has 0 unspecified atom stereocenters. The summed E-state index contributed by atoms with van der Waals surface area (Å²) in [6, 6.07) is 2.40. The molecule has 2 aliphatic heterocycles. The Hall–Kier alpha value is -2.94.